The molecule has 1 aromatic heterocycles. The number of hydrogen-bond donors (Lipinski definition) is 0. The lowest BCUT2D eigenvalue weighted by Crippen LogP contribution is -2.00. The molecule has 0 radical (unpaired) electrons. The Morgan fingerprint density at radius 3 is 3.07 bits per heavy atom. The van der Waals surface area contributed by atoms with Gasteiger partial charge in [0.25, 0.3) is 0 Å². The number of carbonyl (C=O) groups is 1. The maximum absolute atomic E-state index is 11.6. The van der Waals surface area contributed by atoms with Gasteiger partial charge in [-0.05, 0) is 30.9 Å². The summed E-state index contributed by atoms with van der Waals surface area (Å²) in [4.78, 5) is 16.6. The second kappa shape index (κ2) is 5.60. The number of ketones is 1. The highest BCUT2D eigenvalue weighted by Gasteiger charge is 2.08. The number of nitrogens with zero attached hydrogens (tertiary/aromatic N) is 1. The molecule has 1 heterocycles. The fourth-order valence-corrected chi connectivity index (χ4v) is 1.85. The average molecular weight is 207 g/mol. The van der Waals surface area contributed by atoms with Crippen LogP contribution in [0.5, 0.6) is 0 Å². The highest BCUT2D eigenvalue weighted by Crippen LogP contribution is 2.20. The van der Waals surface area contributed by atoms with Gasteiger partial charge in [0.1, 0.15) is 5.69 Å². The molecule has 0 spiro atoms. The number of thioether (sulfide) groups is 1. The van der Waals surface area contributed by atoms with Crippen molar-refractivity contribution in [3.05, 3.63) is 36.2 Å². The monoisotopic (exact) mass is 207 g/mol. The van der Waals surface area contributed by atoms with E-state index in [0.29, 0.717) is 5.69 Å². The third-order valence-corrected chi connectivity index (χ3v) is 2.55. The number of hydrogen-bond acceptors (Lipinski definition) is 3. The zero-order valence-electron chi connectivity index (χ0n) is 8.36. The van der Waals surface area contributed by atoms with E-state index in [0.717, 1.165) is 10.6 Å². The first-order valence-electron chi connectivity index (χ1n) is 4.54. The van der Waals surface area contributed by atoms with E-state index >= 15 is 0 Å². The molecule has 0 atom stereocenters. The second-order valence-corrected chi connectivity index (χ2v) is 3.95. The molecule has 0 aliphatic rings. The van der Waals surface area contributed by atoms with Gasteiger partial charge in [0.05, 0.1) is 0 Å². The molecule has 0 N–H and O–H groups in total. The van der Waals surface area contributed by atoms with Crippen LogP contribution in [0.1, 0.15) is 24.3 Å². The van der Waals surface area contributed by atoms with Crippen LogP contribution in [-0.4, -0.2) is 16.5 Å². The topological polar surface area (TPSA) is 30.0 Å². The van der Waals surface area contributed by atoms with Crippen molar-refractivity contribution in [2.75, 3.05) is 5.75 Å². The maximum Gasteiger partial charge on any atom is 0.204 e. The Labute approximate surface area is 88.4 Å². The molecular formula is C11H13NOS. The molecule has 2 nitrogen and oxygen atoms in total. The van der Waals surface area contributed by atoms with E-state index in [1.165, 1.54) is 0 Å². The lowest BCUT2D eigenvalue weighted by Gasteiger charge is -2.02. The molecule has 1 rings (SSSR count). The Morgan fingerprint density at radius 1 is 1.64 bits per heavy atom. The summed E-state index contributed by atoms with van der Waals surface area (Å²) in [6.07, 6.45) is 4.93. The summed E-state index contributed by atoms with van der Waals surface area (Å²) in [6.45, 7) is 3.88. The molecule has 0 unspecified atom stereocenters. The van der Waals surface area contributed by atoms with E-state index in [2.05, 4.69) is 11.9 Å². The van der Waals surface area contributed by atoms with Gasteiger partial charge in [0, 0.05) is 11.1 Å². The molecule has 3 heteroatoms. The lowest BCUT2D eigenvalue weighted by atomic mass is 10.2. The van der Waals surface area contributed by atoms with Crippen molar-refractivity contribution >= 4 is 17.5 Å². The fraction of sp³-hybridized carbons (Fsp3) is 0.273. The Morgan fingerprint density at radius 2 is 2.43 bits per heavy atom. The normalized spacial score (nSPS) is 10.7. The van der Waals surface area contributed by atoms with Gasteiger partial charge in [-0.3, -0.25) is 9.78 Å². The number of pyridine rings is 1. The summed E-state index contributed by atoms with van der Waals surface area (Å²) in [5.74, 6) is 0.922. The van der Waals surface area contributed by atoms with E-state index in [1.807, 2.05) is 19.1 Å². The first kappa shape index (κ1) is 11.0. The van der Waals surface area contributed by atoms with Crippen LogP contribution in [0.4, 0.5) is 0 Å². The Kier molecular flexibility index (Phi) is 4.40. The van der Waals surface area contributed by atoms with Crippen molar-refractivity contribution in [3.63, 3.8) is 0 Å². The van der Waals surface area contributed by atoms with Crippen molar-refractivity contribution in [1.82, 2.24) is 4.98 Å². The zero-order valence-corrected chi connectivity index (χ0v) is 9.17. The third-order valence-electron chi connectivity index (χ3n) is 1.62. The maximum atomic E-state index is 11.6. The van der Waals surface area contributed by atoms with Gasteiger partial charge < -0.3 is 0 Å². The lowest BCUT2D eigenvalue weighted by molar-refractivity contribution is 0.103. The molecule has 0 saturated heterocycles. The Hall–Kier alpha value is -1.09. The smallest absolute Gasteiger partial charge is 0.204 e. The Balaban J connectivity index is 3.00. The number of carbonyl (C=O) groups excluding carboxylic acids is 1. The highest BCUT2D eigenvalue weighted by atomic mass is 32.2. The zero-order chi connectivity index (χ0) is 10.4. The van der Waals surface area contributed by atoms with E-state index in [-0.39, 0.29) is 5.78 Å². The third kappa shape index (κ3) is 2.70. The summed E-state index contributed by atoms with van der Waals surface area (Å²) in [5.41, 5.74) is 0.553. The molecule has 0 aromatic carbocycles. The van der Waals surface area contributed by atoms with Gasteiger partial charge in [-0.1, -0.05) is 13.0 Å². The predicted octanol–water partition coefficient (Wildman–Crippen LogP) is 2.95. The van der Waals surface area contributed by atoms with E-state index in [9.17, 15) is 4.79 Å². The van der Waals surface area contributed by atoms with Crippen molar-refractivity contribution < 1.29 is 4.79 Å². The van der Waals surface area contributed by atoms with Crippen LogP contribution in [0, 0.1) is 0 Å². The molecule has 14 heavy (non-hydrogen) atoms. The highest BCUT2D eigenvalue weighted by molar-refractivity contribution is 7.99. The van der Waals surface area contributed by atoms with Gasteiger partial charge in [-0.2, -0.15) is 0 Å². The molecular weight excluding hydrogens is 194 g/mol. The minimum absolute atomic E-state index is 0.0240. The van der Waals surface area contributed by atoms with E-state index in [4.69, 9.17) is 0 Å². The molecule has 0 fully saturated rings. The van der Waals surface area contributed by atoms with Crippen molar-refractivity contribution in [2.24, 2.45) is 0 Å². The molecule has 0 aliphatic carbocycles. The predicted molar refractivity (Wildman–Crippen MR) is 59.8 cm³/mol. The molecule has 0 amide bonds. The number of aromatic nitrogens is 1. The van der Waals surface area contributed by atoms with Crippen molar-refractivity contribution in [1.29, 1.82) is 0 Å². The van der Waals surface area contributed by atoms with Crippen molar-refractivity contribution in [3.8, 4) is 0 Å². The van der Waals surface area contributed by atoms with Crippen LogP contribution in [0.3, 0.4) is 0 Å². The summed E-state index contributed by atoms with van der Waals surface area (Å²) in [6, 6.07) is 3.78. The van der Waals surface area contributed by atoms with Crippen LogP contribution in [0.2, 0.25) is 0 Å². The minimum Gasteiger partial charge on any atom is -0.288 e. The largest absolute Gasteiger partial charge is 0.288 e. The SMILES string of the molecule is C/C=C/C(=O)c1ncccc1SCC. The van der Waals surface area contributed by atoms with Crippen LogP contribution in [-0.2, 0) is 0 Å². The molecule has 0 bridgehead atoms. The van der Waals surface area contributed by atoms with Gasteiger partial charge in [0.15, 0.2) is 0 Å². The van der Waals surface area contributed by atoms with Crippen LogP contribution >= 0.6 is 11.8 Å². The Bertz CT molecular complexity index is 347. The number of allylic oxidation sites excluding steroid dienone is 2. The van der Waals surface area contributed by atoms with Gasteiger partial charge in [-0.15, -0.1) is 11.8 Å². The van der Waals surface area contributed by atoms with Crippen LogP contribution in [0.25, 0.3) is 0 Å². The average Bonchev–Trinajstić information content (AvgIpc) is 2.19. The molecule has 74 valence electrons. The summed E-state index contributed by atoms with van der Waals surface area (Å²) >= 11 is 1.64. The summed E-state index contributed by atoms with van der Waals surface area (Å²) in [7, 11) is 0. The van der Waals surface area contributed by atoms with Gasteiger partial charge >= 0.3 is 0 Å². The first-order chi connectivity index (χ1) is 6.79. The fourth-order valence-electron chi connectivity index (χ4n) is 1.08. The molecule has 0 aliphatic heterocycles. The van der Waals surface area contributed by atoms with Gasteiger partial charge in [-0.25, -0.2) is 0 Å². The quantitative estimate of drug-likeness (QED) is 0.432. The molecule has 0 saturated carbocycles. The van der Waals surface area contributed by atoms with E-state index < -0.39 is 0 Å². The molecule has 1 aromatic rings. The standard InChI is InChI=1S/C11H13NOS/c1-3-6-9(13)11-10(14-4-2)7-5-8-12-11/h3,5-8H,4H2,1-2H3/b6-3+. The second-order valence-electron chi connectivity index (χ2n) is 2.65. The van der Waals surface area contributed by atoms with Crippen LogP contribution < -0.4 is 0 Å². The number of rotatable bonds is 4. The van der Waals surface area contributed by atoms with Crippen molar-refractivity contribution in [2.45, 2.75) is 18.7 Å². The minimum atomic E-state index is -0.0240. The van der Waals surface area contributed by atoms with E-state index in [1.54, 1.807) is 30.1 Å². The first-order valence-corrected chi connectivity index (χ1v) is 5.53. The van der Waals surface area contributed by atoms with Gasteiger partial charge in [0.2, 0.25) is 5.78 Å². The summed E-state index contributed by atoms with van der Waals surface area (Å²) < 4.78 is 0. The summed E-state index contributed by atoms with van der Waals surface area (Å²) in [5, 5.41) is 0. The van der Waals surface area contributed by atoms with Crippen LogP contribution in [0.15, 0.2) is 35.4 Å².